The normalized spacial score (nSPS) is 12.2. The van der Waals surface area contributed by atoms with Crippen molar-refractivity contribution in [3.63, 3.8) is 0 Å². The fraction of sp³-hybridized carbons (Fsp3) is 0.250. The quantitative estimate of drug-likeness (QED) is 0.363. The standard InChI is InChI=1S/C20H19F3N2O2S2/c21-20(22,23)15-25-18(16-8-3-1-4-9-16)14-24-19(25)28-12-7-13-29(26,27)17-10-5-2-6-11-17/h1-6,8-11,14H,7,12-13,15H2. The van der Waals surface area contributed by atoms with Crippen LogP contribution in [-0.2, 0) is 16.4 Å². The number of aromatic nitrogens is 2. The first-order valence-corrected chi connectivity index (χ1v) is 11.5. The van der Waals surface area contributed by atoms with Gasteiger partial charge in [0.05, 0.1) is 22.5 Å². The van der Waals surface area contributed by atoms with Crippen LogP contribution in [0.25, 0.3) is 11.3 Å². The zero-order chi connectivity index (χ0) is 20.9. The third-order valence-electron chi connectivity index (χ3n) is 4.12. The molecule has 3 rings (SSSR count). The summed E-state index contributed by atoms with van der Waals surface area (Å²) >= 11 is 1.13. The molecule has 0 aliphatic rings. The van der Waals surface area contributed by atoms with E-state index in [4.69, 9.17) is 0 Å². The third kappa shape index (κ3) is 5.86. The molecule has 0 atom stereocenters. The number of alkyl halides is 3. The molecule has 0 saturated heterocycles. The van der Waals surface area contributed by atoms with Gasteiger partial charge >= 0.3 is 6.18 Å². The van der Waals surface area contributed by atoms with Crippen molar-refractivity contribution in [3.8, 4) is 11.3 Å². The molecule has 0 spiro atoms. The summed E-state index contributed by atoms with van der Waals surface area (Å²) < 4.78 is 65.0. The van der Waals surface area contributed by atoms with E-state index in [-0.39, 0.29) is 15.8 Å². The molecule has 154 valence electrons. The van der Waals surface area contributed by atoms with Gasteiger partial charge in [-0.2, -0.15) is 13.2 Å². The average Bonchev–Trinajstić information content (AvgIpc) is 3.07. The highest BCUT2D eigenvalue weighted by Crippen LogP contribution is 2.30. The predicted molar refractivity (Wildman–Crippen MR) is 108 cm³/mol. The van der Waals surface area contributed by atoms with Crippen LogP contribution in [0.5, 0.6) is 0 Å². The van der Waals surface area contributed by atoms with Gasteiger partial charge in [0.1, 0.15) is 6.54 Å². The number of benzene rings is 2. The maximum atomic E-state index is 13.1. The Labute approximate surface area is 171 Å². The van der Waals surface area contributed by atoms with Crippen molar-refractivity contribution >= 4 is 21.6 Å². The summed E-state index contributed by atoms with van der Waals surface area (Å²) in [7, 11) is -3.41. The van der Waals surface area contributed by atoms with Crippen LogP contribution in [0.3, 0.4) is 0 Å². The molecule has 0 radical (unpaired) electrons. The van der Waals surface area contributed by atoms with Crippen LogP contribution in [-0.4, -0.2) is 35.7 Å². The van der Waals surface area contributed by atoms with E-state index in [1.165, 1.54) is 18.3 Å². The molecule has 0 aliphatic carbocycles. The van der Waals surface area contributed by atoms with Crippen LogP contribution >= 0.6 is 11.8 Å². The van der Waals surface area contributed by atoms with E-state index in [0.29, 0.717) is 23.4 Å². The van der Waals surface area contributed by atoms with Crippen molar-refractivity contribution in [2.75, 3.05) is 11.5 Å². The molecule has 0 bridgehead atoms. The third-order valence-corrected chi connectivity index (χ3v) is 7.01. The lowest BCUT2D eigenvalue weighted by molar-refractivity contribution is -0.141. The van der Waals surface area contributed by atoms with Gasteiger partial charge in [0.15, 0.2) is 15.0 Å². The summed E-state index contributed by atoms with van der Waals surface area (Å²) in [6, 6.07) is 16.9. The Balaban J connectivity index is 1.70. The fourth-order valence-electron chi connectivity index (χ4n) is 2.80. The number of rotatable bonds is 8. The second kappa shape index (κ2) is 9.04. The lowest BCUT2D eigenvalue weighted by Gasteiger charge is -2.14. The van der Waals surface area contributed by atoms with Gasteiger partial charge in [-0.15, -0.1) is 0 Å². The average molecular weight is 441 g/mol. The molecule has 0 N–H and O–H groups in total. The van der Waals surface area contributed by atoms with E-state index in [1.807, 2.05) is 0 Å². The smallest absolute Gasteiger partial charge is 0.310 e. The van der Waals surface area contributed by atoms with Crippen LogP contribution in [0, 0.1) is 0 Å². The summed E-state index contributed by atoms with van der Waals surface area (Å²) in [6.07, 6.45) is -2.66. The van der Waals surface area contributed by atoms with E-state index < -0.39 is 22.6 Å². The zero-order valence-electron chi connectivity index (χ0n) is 15.3. The lowest BCUT2D eigenvalue weighted by Crippen LogP contribution is -2.19. The summed E-state index contributed by atoms with van der Waals surface area (Å²) in [5.41, 5.74) is 1.02. The van der Waals surface area contributed by atoms with Gasteiger partial charge in [0, 0.05) is 5.75 Å². The Bertz CT molecular complexity index is 1030. The zero-order valence-corrected chi connectivity index (χ0v) is 17.0. The Morgan fingerprint density at radius 1 is 0.966 bits per heavy atom. The summed E-state index contributed by atoms with van der Waals surface area (Å²) in [5, 5.41) is 0.221. The minimum Gasteiger partial charge on any atom is -0.310 e. The second-order valence-corrected chi connectivity index (χ2v) is 9.50. The molecule has 0 aliphatic heterocycles. The molecule has 3 aromatic rings. The number of sulfone groups is 1. The highest BCUT2D eigenvalue weighted by molar-refractivity contribution is 7.99. The summed E-state index contributed by atoms with van der Waals surface area (Å²) in [6.45, 7) is -1.15. The Kier molecular flexibility index (Phi) is 6.69. The first-order valence-electron chi connectivity index (χ1n) is 8.84. The van der Waals surface area contributed by atoms with Gasteiger partial charge in [-0.05, 0) is 24.1 Å². The number of thioether (sulfide) groups is 1. The van der Waals surface area contributed by atoms with E-state index in [0.717, 1.165) is 16.3 Å². The monoisotopic (exact) mass is 440 g/mol. The number of hydrogen-bond acceptors (Lipinski definition) is 4. The first-order chi connectivity index (χ1) is 13.8. The lowest BCUT2D eigenvalue weighted by atomic mass is 10.2. The Morgan fingerprint density at radius 3 is 2.21 bits per heavy atom. The maximum Gasteiger partial charge on any atom is 0.406 e. The molecule has 9 heteroatoms. The van der Waals surface area contributed by atoms with Crippen molar-refractivity contribution in [2.24, 2.45) is 0 Å². The van der Waals surface area contributed by atoms with Crippen molar-refractivity contribution in [2.45, 2.75) is 29.2 Å². The van der Waals surface area contributed by atoms with E-state index in [9.17, 15) is 21.6 Å². The van der Waals surface area contributed by atoms with Gasteiger partial charge in [-0.1, -0.05) is 60.3 Å². The molecule has 29 heavy (non-hydrogen) atoms. The molecule has 0 fully saturated rings. The van der Waals surface area contributed by atoms with E-state index in [2.05, 4.69) is 4.98 Å². The maximum absolute atomic E-state index is 13.1. The number of imidazole rings is 1. The van der Waals surface area contributed by atoms with Crippen LogP contribution < -0.4 is 0 Å². The van der Waals surface area contributed by atoms with Gasteiger partial charge in [0.2, 0.25) is 0 Å². The highest BCUT2D eigenvalue weighted by Gasteiger charge is 2.30. The molecule has 2 aromatic carbocycles. The molecular formula is C20H19F3N2O2S2. The molecule has 1 aromatic heterocycles. The van der Waals surface area contributed by atoms with Crippen molar-refractivity contribution in [1.29, 1.82) is 0 Å². The second-order valence-electron chi connectivity index (χ2n) is 6.33. The van der Waals surface area contributed by atoms with Crippen LogP contribution in [0.15, 0.2) is 76.9 Å². The minimum absolute atomic E-state index is 0.0739. The number of nitrogens with zero attached hydrogens (tertiary/aromatic N) is 2. The van der Waals surface area contributed by atoms with Crippen LogP contribution in [0.2, 0.25) is 0 Å². The van der Waals surface area contributed by atoms with Gasteiger partial charge in [0.25, 0.3) is 0 Å². The Morgan fingerprint density at radius 2 is 1.59 bits per heavy atom. The van der Waals surface area contributed by atoms with Gasteiger partial charge in [-0.25, -0.2) is 13.4 Å². The first kappa shape index (κ1) is 21.4. The number of hydrogen-bond donors (Lipinski definition) is 0. The van der Waals surface area contributed by atoms with Crippen molar-refractivity contribution in [1.82, 2.24) is 9.55 Å². The molecular weight excluding hydrogens is 421 g/mol. The highest BCUT2D eigenvalue weighted by atomic mass is 32.2. The molecule has 1 heterocycles. The van der Waals surface area contributed by atoms with E-state index in [1.54, 1.807) is 48.5 Å². The van der Waals surface area contributed by atoms with Crippen molar-refractivity contribution < 1.29 is 21.6 Å². The van der Waals surface area contributed by atoms with Gasteiger partial charge in [-0.3, -0.25) is 0 Å². The summed E-state index contributed by atoms with van der Waals surface area (Å²) in [5.74, 6) is 0.269. The van der Waals surface area contributed by atoms with Crippen LogP contribution in [0.1, 0.15) is 6.42 Å². The molecule has 0 amide bonds. The fourth-order valence-corrected chi connectivity index (χ4v) is 5.24. The van der Waals surface area contributed by atoms with Gasteiger partial charge < -0.3 is 4.57 Å². The molecule has 4 nitrogen and oxygen atoms in total. The topological polar surface area (TPSA) is 52.0 Å². The number of halogens is 3. The van der Waals surface area contributed by atoms with Crippen LogP contribution in [0.4, 0.5) is 13.2 Å². The Hall–Kier alpha value is -2.26. The largest absolute Gasteiger partial charge is 0.406 e. The predicted octanol–water partition coefficient (Wildman–Crippen LogP) is 5.07. The molecule has 0 unspecified atom stereocenters. The molecule has 0 saturated carbocycles. The SMILES string of the molecule is O=S(=O)(CCCSc1ncc(-c2ccccc2)n1CC(F)(F)F)c1ccccc1. The van der Waals surface area contributed by atoms with Crippen molar-refractivity contribution in [3.05, 3.63) is 66.9 Å². The van der Waals surface area contributed by atoms with E-state index >= 15 is 0 Å². The minimum atomic E-state index is -4.39. The summed E-state index contributed by atoms with van der Waals surface area (Å²) in [4.78, 5) is 4.39.